The predicted molar refractivity (Wildman–Crippen MR) is 66.2 cm³/mol. The molecule has 0 radical (unpaired) electrons. The number of allylic oxidation sites excluding steroid dienone is 1. The molecule has 1 aliphatic heterocycles. The summed E-state index contributed by atoms with van der Waals surface area (Å²) in [5.41, 5.74) is 2.98. The second-order valence-corrected chi connectivity index (χ2v) is 7.33. The molecule has 16 heavy (non-hydrogen) atoms. The molecule has 1 unspecified atom stereocenters. The van der Waals surface area contributed by atoms with Crippen molar-refractivity contribution in [1.29, 1.82) is 0 Å². The van der Waals surface area contributed by atoms with Crippen molar-refractivity contribution in [3.63, 3.8) is 0 Å². The van der Waals surface area contributed by atoms with Gasteiger partial charge in [0, 0.05) is 6.26 Å². The monoisotopic (exact) mass is 243 g/mol. The summed E-state index contributed by atoms with van der Waals surface area (Å²) in [5, 5.41) is 3.23. The van der Waals surface area contributed by atoms with Gasteiger partial charge in [0.2, 0.25) is 0 Å². The first kappa shape index (κ1) is 12.1. The Hall–Kier alpha value is -0.350. The topological polar surface area (TPSA) is 46.2 Å². The van der Waals surface area contributed by atoms with Crippen molar-refractivity contribution in [2.75, 3.05) is 19.3 Å². The Bertz CT molecular complexity index is 376. The number of hydrogen-bond donors (Lipinski definition) is 1. The van der Waals surface area contributed by atoms with Crippen LogP contribution in [0.25, 0.3) is 0 Å². The lowest BCUT2D eigenvalue weighted by Gasteiger charge is -2.27. The molecule has 0 bridgehead atoms. The summed E-state index contributed by atoms with van der Waals surface area (Å²) in [6, 6.07) is 0. The third kappa shape index (κ3) is 2.86. The quantitative estimate of drug-likeness (QED) is 0.712. The highest BCUT2D eigenvalue weighted by Gasteiger charge is 2.27. The molecule has 2 fully saturated rings. The van der Waals surface area contributed by atoms with Gasteiger partial charge in [0.05, 0.1) is 5.25 Å². The molecule has 1 saturated heterocycles. The Morgan fingerprint density at radius 1 is 1.12 bits per heavy atom. The van der Waals surface area contributed by atoms with Crippen LogP contribution in [-0.4, -0.2) is 33.0 Å². The van der Waals surface area contributed by atoms with Crippen LogP contribution >= 0.6 is 0 Å². The van der Waals surface area contributed by atoms with Crippen LogP contribution in [0.5, 0.6) is 0 Å². The first-order valence-corrected chi connectivity index (χ1v) is 8.12. The maximum absolute atomic E-state index is 11.6. The lowest BCUT2D eigenvalue weighted by atomic mass is 9.87. The van der Waals surface area contributed by atoms with Gasteiger partial charge in [-0.15, -0.1) is 0 Å². The van der Waals surface area contributed by atoms with Crippen molar-refractivity contribution in [1.82, 2.24) is 5.32 Å². The van der Waals surface area contributed by atoms with E-state index in [4.69, 9.17) is 0 Å². The van der Waals surface area contributed by atoms with Gasteiger partial charge in [-0.05, 0) is 51.6 Å². The summed E-state index contributed by atoms with van der Waals surface area (Å²) in [7, 11) is -2.85. The van der Waals surface area contributed by atoms with Gasteiger partial charge in [-0.1, -0.05) is 11.1 Å². The van der Waals surface area contributed by atoms with Crippen molar-refractivity contribution in [2.45, 2.75) is 43.8 Å². The summed E-state index contributed by atoms with van der Waals surface area (Å²) < 4.78 is 23.2. The molecule has 2 aliphatic rings. The standard InChI is InChI=1S/C12H21NO2S/c1-16(14,15)12-4-2-3-11(9-12)10-5-7-13-8-6-10/h12-13H,2-9H2,1H3. The molecule has 2 rings (SSSR count). The summed E-state index contributed by atoms with van der Waals surface area (Å²) >= 11 is 0. The van der Waals surface area contributed by atoms with E-state index in [0.717, 1.165) is 51.6 Å². The Kier molecular flexibility index (Phi) is 3.70. The van der Waals surface area contributed by atoms with Crippen molar-refractivity contribution < 1.29 is 8.42 Å². The average molecular weight is 243 g/mol. The fourth-order valence-corrected chi connectivity index (χ4v) is 3.89. The Morgan fingerprint density at radius 3 is 2.44 bits per heavy atom. The molecule has 1 heterocycles. The van der Waals surface area contributed by atoms with E-state index in [1.165, 1.54) is 17.4 Å². The lowest BCUT2D eigenvalue weighted by molar-refractivity contribution is 0.529. The van der Waals surface area contributed by atoms with Gasteiger partial charge in [0.25, 0.3) is 0 Å². The van der Waals surface area contributed by atoms with E-state index in [2.05, 4.69) is 5.32 Å². The summed E-state index contributed by atoms with van der Waals surface area (Å²) in [6.07, 6.45) is 7.44. The van der Waals surface area contributed by atoms with Crippen LogP contribution < -0.4 is 5.32 Å². The maximum Gasteiger partial charge on any atom is 0.150 e. The molecule has 0 aromatic carbocycles. The molecule has 3 nitrogen and oxygen atoms in total. The SMILES string of the molecule is CS(=O)(=O)C1CCCC(=C2CCNCC2)C1. The van der Waals surface area contributed by atoms with Crippen molar-refractivity contribution in [3.05, 3.63) is 11.1 Å². The van der Waals surface area contributed by atoms with Gasteiger partial charge in [0.15, 0.2) is 9.84 Å². The van der Waals surface area contributed by atoms with Gasteiger partial charge in [0.1, 0.15) is 0 Å². The minimum absolute atomic E-state index is 0.112. The zero-order valence-electron chi connectivity index (χ0n) is 9.96. The van der Waals surface area contributed by atoms with E-state index in [-0.39, 0.29) is 5.25 Å². The van der Waals surface area contributed by atoms with E-state index in [1.54, 1.807) is 0 Å². The number of piperidine rings is 1. The molecular weight excluding hydrogens is 222 g/mol. The van der Waals surface area contributed by atoms with E-state index >= 15 is 0 Å². The van der Waals surface area contributed by atoms with Gasteiger partial charge in [-0.25, -0.2) is 8.42 Å². The molecule has 1 atom stereocenters. The lowest BCUT2D eigenvalue weighted by Crippen LogP contribution is -2.27. The molecule has 0 aromatic heterocycles. The van der Waals surface area contributed by atoms with E-state index < -0.39 is 9.84 Å². The van der Waals surface area contributed by atoms with Gasteiger partial charge < -0.3 is 5.32 Å². The van der Waals surface area contributed by atoms with Crippen molar-refractivity contribution in [3.8, 4) is 0 Å². The van der Waals surface area contributed by atoms with E-state index in [9.17, 15) is 8.42 Å². The zero-order valence-corrected chi connectivity index (χ0v) is 10.8. The first-order valence-electron chi connectivity index (χ1n) is 6.17. The normalized spacial score (nSPS) is 28.2. The van der Waals surface area contributed by atoms with E-state index in [0.29, 0.717) is 0 Å². The summed E-state index contributed by atoms with van der Waals surface area (Å²) in [4.78, 5) is 0. The third-order valence-corrected chi connectivity index (χ3v) is 5.40. The summed E-state index contributed by atoms with van der Waals surface area (Å²) in [6.45, 7) is 2.12. The second kappa shape index (κ2) is 4.88. The molecule has 4 heteroatoms. The highest BCUT2D eigenvalue weighted by atomic mass is 32.2. The van der Waals surface area contributed by atoms with Crippen molar-refractivity contribution >= 4 is 9.84 Å². The maximum atomic E-state index is 11.6. The molecular formula is C12H21NO2S. The van der Waals surface area contributed by atoms with Crippen LogP contribution in [0.15, 0.2) is 11.1 Å². The third-order valence-electron chi connectivity index (χ3n) is 3.79. The van der Waals surface area contributed by atoms with Crippen LogP contribution in [0.1, 0.15) is 38.5 Å². The van der Waals surface area contributed by atoms with Crippen LogP contribution in [0, 0.1) is 0 Å². The van der Waals surface area contributed by atoms with Crippen LogP contribution in [0.3, 0.4) is 0 Å². The number of sulfone groups is 1. The smallest absolute Gasteiger partial charge is 0.150 e. The fourth-order valence-electron chi connectivity index (χ4n) is 2.79. The Labute approximate surface area is 98.2 Å². The number of nitrogens with one attached hydrogen (secondary N) is 1. The van der Waals surface area contributed by atoms with Gasteiger partial charge in [-0.2, -0.15) is 0 Å². The Morgan fingerprint density at radius 2 is 1.81 bits per heavy atom. The molecule has 92 valence electrons. The molecule has 1 aliphatic carbocycles. The average Bonchev–Trinajstić information content (AvgIpc) is 2.29. The molecule has 0 amide bonds. The zero-order chi connectivity index (χ0) is 11.6. The fraction of sp³-hybridized carbons (Fsp3) is 0.833. The van der Waals surface area contributed by atoms with Gasteiger partial charge in [-0.3, -0.25) is 0 Å². The number of hydrogen-bond acceptors (Lipinski definition) is 3. The number of rotatable bonds is 1. The van der Waals surface area contributed by atoms with Crippen LogP contribution in [0.2, 0.25) is 0 Å². The summed E-state index contributed by atoms with van der Waals surface area (Å²) in [5.74, 6) is 0. The highest BCUT2D eigenvalue weighted by molar-refractivity contribution is 7.91. The van der Waals surface area contributed by atoms with Crippen LogP contribution in [-0.2, 0) is 9.84 Å². The molecule has 1 saturated carbocycles. The predicted octanol–water partition coefficient (Wildman–Crippen LogP) is 1.65. The molecule has 1 N–H and O–H groups in total. The van der Waals surface area contributed by atoms with E-state index in [1.807, 2.05) is 0 Å². The minimum atomic E-state index is -2.85. The van der Waals surface area contributed by atoms with Gasteiger partial charge >= 0.3 is 0 Å². The molecule has 0 aromatic rings. The highest BCUT2D eigenvalue weighted by Crippen LogP contribution is 2.32. The largest absolute Gasteiger partial charge is 0.316 e. The minimum Gasteiger partial charge on any atom is -0.316 e. The van der Waals surface area contributed by atoms with Crippen molar-refractivity contribution in [2.24, 2.45) is 0 Å². The van der Waals surface area contributed by atoms with Crippen LogP contribution in [0.4, 0.5) is 0 Å². The molecule has 0 spiro atoms. The Balaban J connectivity index is 2.12. The first-order chi connectivity index (χ1) is 7.57. The second-order valence-electron chi connectivity index (χ2n) is 5.00.